The first-order chi connectivity index (χ1) is 16.7. The van der Waals surface area contributed by atoms with Gasteiger partial charge in [-0.25, -0.2) is 9.69 Å². The number of methoxy groups -OCH3 is 1. The molecule has 11 heteroatoms. The second-order valence-electron chi connectivity index (χ2n) is 7.64. The van der Waals surface area contributed by atoms with Crippen LogP contribution in [0.15, 0.2) is 64.7 Å². The monoisotopic (exact) mass is 476 g/mol. The van der Waals surface area contributed by atoms with E-state index in [9.17, 15) is 24.5 Å². The van der Waals surface area contributed by atoms with Gasteiger partial charge >= 0.3 is 6.03 Å². The second kappa shape index (κ2) is 9.51. The van der Waals surface area contributed by atoms with E-state index in [1.807, 2.05) is 13.0 Å². The Morgan fingerprint density at radius 1 is 1.20 bits per heavy atom. The highest BCUT2D eigenvalue weighted by Crippen LogP contribution is 2.34. The van der Waals surface area contributed by atoms with Gasteiger partial charge in [-0.15, -0.1) is 0 Å². The summed E-state index contributed by atoms with van der Waals surface area (Å²) in [5, 5.41) is 16.2. The summed E-state index contributed by atoms with van der Waals surface area (Å²) in [6.45, 7) is 1.41. The van der Waals surface area contributed by atoms with Gasteiger partial charge in [-0.2, -0.15) is 0 Å². The number of non-ortho nitro benzene ring substituents is 1. The maximum atomic E-state index is 12.7. The summed E-state index contributed by atoms with van der Waals surface area (Å²) in [4.78, 5) is 48.7. The molecule has 0 unspecified atom stereocenters. The number of carbonyl (C=O) groups is 3. The van der Waals surface area contributed by atoms with E-state index in [2.05, 4.69) is 10.6 Å². The lowest BCUT2D eigenvalue weighted by molar-refractivity contribution is -0.384. The van der Waals surface area contributed by atoms with Crippen LogP contribution in [0.5, 0.6) is 5.75 Å². The van der Waals surface area contributed by atoms with E-state index < -0.39 is 29.3 Å². The lowest BCUT2D eigenvalue weighted by Crippen LogP contribution is -2.38. The molecule has 35 heavy (non-hydrogen) atoms. The van der Waals surface area contributed by atoms with Gasteiger partial charge in [0.1, 0.15) is 29.5 Å². The summed E-state index contributed by atoms with van der Waals surface area (Å²) in [6.07, 6.45) is 1.31. The fourth-order valence-corrected chi connectivity index (χ4v) is 3.50. The summed E-state index contributed by atoms with van der Waals surface area (Å²) in [5.74, 6) is -0.384. The van der Waals surface area contributed by atoms with E-state index in [1.165, 1.54) is 37.5 Å². The van der Waals surface area contributed by atoms with Crippen molar-refractivity contribution in [3.63, 3.8) is 0 Å². The molecule has 11 nitrogen and oxygen atoms in total. The molecule has 0 atom stereocenters. The Labute approximate surface area is 199 Å². The SMILES string of the molecule is COc1ccc([N+](=O)[O-])cc1-c1ccc(/C=C2/NC(=O)N(CC(=O)Nc3cccc(C)c3)C2=O)o1. The zero-order valence-electron chi connectivity index (χ0n) is 18.7. The Hall–Kier alpha value is -4.93. The topological polar surface area (TPSA) is 144 Å². The van der Waals surface area contributed by atoms with Gasteiger partial charge in [-0.05, 0) is 42.8 Å². The third kappa shape index (κ3) is 5.03. The predicted molar refractivity (Wildman–Crippen MR) is 125 cm³/mol. The van der Waals surface area contributed by atoms with Gasteiger partial charge in [0.15, 0.2) is 0 Å². The van der Waals surface area contributed by atoms with Crippen molar-refractivity contribution in [2.45, 2.75) is 6.92 Å². The van der Waals surface area contributed by atoms with Crippen molar-refractivity contribution >= 4 is 35.3 Å². The first-order valence-corrected chi connectivity index (χ1v) is 10.4. The Morgan fingerprint density at radius 3 is 2.71 bits per heavy atom. The van der Waals surface area contributed by atoms with Crippen LogP contribution in [0.3, 0.4) is 0 Å². The molecule has 0 spiro atoms. The third-order valence-electron chi connectivity index (χ3n) is 5.14. The van der Waals surface area contributed by atoms with E-state index in [1.54, 1.807) is 24.3 Å². The zero-order chi connectivity index (χ0) is 25.1. The highest BCUT2D eigenvalue weighted by atomic mass is 16.6. The van der Waals surface area contributed by atoms with Crippen molar-refractivity contribution in [1.29, 1.82) is 0 Å². The Balaban J connectivity index is 1.50. The normalized spacial score (nSPS) is 14.2. The van der Waals surface area contributed by atoms with Crippen molar-refractivity contribution in [2.75, 3.05) is 19.0 Å². The maximum Gasteiger partial charge on any atom is 0.329 e. The van der Waals surface area contributed by atoms with Crippen LogP contribution in [0, 0.1) is 17.0 Å². The van der Waals surface area contributed by atoms with Gasteiger partial charge in [0.25, 0.3) is 11.6 Å². The van der Waals surface area contributed by atoms with Gasteiger partial charge in [-0.3, -0.25) is 19.7 Å². The number of amides is 4. The minimum absolute atomic E-state index is 0.0785. The van der Waals surface area contributed by atoms with E-state index in [0.717, 1.165) is 10.5 Å². The fraction of sp³-hybridized carbons (Fsp3) is 0.125. The molecule has 1 aromatic heterocycles. The number of aryl methyl sites for hydroxylation is 1. The van der Waals surface area contributed by atoms with Crippen LogP contribution in [-0.4, -0.2) is 41.3 Å². The predicted octanol–water partition coefficient (Wildman–Crippen LogP) is 3.70. The number of benzene rings is 2. The molecule has 1 saturated heterocycles. The molecule has 178 valence electrons. The molecule has 4 amide bonds. The van der Waals surface area contributed by atoms with Crippen LogP contribution >= 0.6 is 0 Å². The van der Waals surface area contributed by atoms with Crippen molar-refractivity contribution < 1.29 is 28.5 Å². The lowest BCUT2D eigenvalue weighted by atomic mass is 10.1. The molecule has 1 aliphatic heterocycles. The van der Waals surface area contributed by atoms with Crippen LogP contribution < -0.4 is 15.4 Å². The highest BCUT2D eigenvalue weighted by Gasteiger charge is 2.35. The van der Waals surface area contributed by atoms with E-state index in [4.69, 9.17) is 9.15 Å². The number of hydrogen-bond donors (Lipinski definition) is 2. The number of rotatable bonds is 7. The number of anilines is 1. The number of furan rings is 1. The molecular weight excluding hydrogens is 456 g/mol. The number of nitro benzene ring substituents is 1. The van der Waals surface area contributed by atoms with Crippen molar-refractivity contribution in [2.24, 2.45) is 0 Å². The molecule has 0 saturated carbocycles. The number of ether oxygens (including phenoxy) is 1. The number of nitro groups is 1. The zero-order valence-corrected chi connectivity index (χ0v) is 18.7. The van der Waals surface area contributed by atoms with Gasteiger partial charge in [-0.1, -0.05) is 12.1 Å². The largest absolute Gasteiger partial charge is 0.496 e. The number of nitrogens with one attached hydrogen (secondary N) is 2. The quantitative estimate of drug-likeness (QED) is 0.229. The molecule has 0 radical (unpaired) electrons. The first-order valence-electron chi connectivity index (χ1n) is 10.4. The number of nitrogens with zero attached hydrogens (tertiary/aromatic N) is 2. The Kier molecular flexibility index (Phi) is 6.32. The van der Waals surface area contributed by atoms with Gasteiger partial charge < -0.3 is 19.8 Å². The summed E-state index contributed by atoms with van der Waals surface area (Å²) in [6, 6.07) is 13.5. The average Bonchev–Trinajstić information content (AvgIpc) is 3.38. The molecule has 2 heterocycles. The maximum absolute atomic E-state index is 12.7. The van der Waals surface area contributed by atoms with Crippen LogP contribution in [-0.2, 0) is 9.59 Å². The van der Waals surface area contributed by atoms with Crippen molar-refractivity contribution in [3.8, 4) is 17.1 Å². The van der Waals surface area contributed by atoms with E-state index in [-0.39, 0.29) is 22.9 Å². The Bertz CT molecular complexity index is 1380. The molecule has 1 aliphatic rings. The van der Waals surface area contributed by atoms with Crippen LogP contribution in [0.4, 0.5) is 16.2 Å². The second-order valence-corrected chi connectivity index (χ2v) is 7.64. The smallest absolute Gasteiger partial charge is 0.329 e. The fourth-order valence-electron chi connectivity index (χ4n) is 3.50. The molecular formula is C24H20N4O7. The average molecular weight is 476 g/mol. The summed E-state index contributed by atoms with van der Waals surface area (Å²) in [5.41, 5.74) is 1.63. The molecule has 1 fully saturated rings. The Morgan fingerprint density at radius 2 is 2.00 bits per heavy atom. The standard InChI is InChI=1S/C24H20N4O7/c1-14-4-3-5-15(10-14)25-22(29)13-27-23(30)19(26-24(27)31)12-17-7-9-21(35-17)18-11-16(28(32)33)6-8-20(18)34-2/h3-12H,13H2,1-2H3,(H,25,29)(H,26,31)/b19-12+. The number of imide groups is 1. The molecule has 0 bridgehead atoms. The number of hydrogen-bond acceptors (Lipinski definition) is 7. The van der Waals surface area contributed by atoms with E-state index in [0.29, 0.717) is 17.0 Å². The molecule has 2 aromatic carbocycles. The lowest BCUT2D eigenvalue weighted by Gasteiger charge is -2.12. The number of urea groups is 1. The summed E-state index contributed by atoms with van der Waals surface area (Å²) >= 11 is 0. The minimum atomic E-state index is -0.743. The molecule has 4 rings (SSSR count). The van der Waals surface area contributed by atoms with Gasteiger partial charge in [0.2, 0.25) is 5.91 Å². The molecule has 2 N–H and O–H groups in total. The van der Waals surface area contributed by atoms with E-state index >= 15 is 0 Å². The first kappa shape index (κ1) is 23.2. The molecule has 3 aromatic rings. The van der Waals surface area contributed by atoms with Gasteiger partial charge in [0, 0.05) is 23.9 Å². The minimum Gasteiger partial charge on any atom is -0.496 e. The molecule has 0 aliphatic carbocycles. The number of carbonyl (C=O) groups excluding carboxylic acids is 3. The highest BCUT2D eigenvalue weighted by molar-refractivity contribution is 6.15. The van der Waals surface area contributed by atoms with Crippen molar-refractivity contribution in [3.05, 3.63) is 81.7 Å². The summed E-state index contributed by atoms with van der Waals surface area (Å²) < 4.78 is 11.0. The summed E-state index contributed by atoms with van der Waals surface area (Å²) in [7, 11) is 1.42. The van der Waals surface area contributed by atoms with Crippen LogP contribution in [0.25, 0.3) is 17.4 Å². The van der Waals surface area contributed by atoms with Gasteiger partial charge in [0.05, 0.1) is 17.6 Å². The van der Waals surface area contributed by atoms with Crippen molar-refractivity contribution in [1.82, 2.24) is 10.2 Å². The third-order valence-corrected chi connectivity index (χ3v) is 5.14. The van der Waals surface area contributed by atoms with Crippen LogP contribution in [0.1, 0.15) is 11.3 Å². The van der Waals surface area contributed by atoms with Crippen LogP contribution in [0.2, 0.25) is 0 Å².